The molecule has 8 heteroatoms. The summed E-state index contributed by atoms with van der Waals surface area (Å²) in [6.45, 7) is 2.90. The Hall–Kier alpha value is -1.80. The van der Waals surface area contributed by atoms with Gasteiger partial charge in [-0.15, -0.1) is 11.8 Å². The Morgan fingerprint density at radius 3 is 2.88 bits per heavy atom. The van der Waals surface area contributed by atoms with E-state index in [1.165, 1.54) is 11.8 Å². The molecule has 1 aromatic carbocycles. The van der Waals surface area contributed by atoms with Crippen molar-refractivity contribution in [1.82, 2.24) is 16.2 Å². The summed E-state index contributed by atoms with van der Waals surface area (Å²) in [5.41, 5.74) is 5.98. The van der Waals surface area contributed by atoms with Crippen molar-refractivity contribution in [2.75, 3.05) is 11.9 Å². The molecule has 0 fully saturated rings. The number of thiocarbonyl (C=S) groups is 1. The number of nitrogens with one attached hydrogen (secondary N) is 4. The third-order valence-electron chi connectivity index (χ3n) is 3.46. The summed E-state index contributed by atoms with van der Waals surface area (Å²) in [4.78, 5) is 25.0. The molecule has 24 heavy (non-hydrogen) atoms. The molecule has 1 heterocycles. The summed E-state index contributed by atoms with van der Waals surface area (Å²) < 4.78 is 0. The van der Waals surface area contributed by atoms with E-state index in [1.807, 2.05) is 24.3 Å². The van der Waals surface area contributed by atoms with Gasteiger partial charge in [0.05, 0.1) is 10.9 Å². The Morgan fingerprint density at radius 1 is 1.29 bits per heavy atom. The molecule has 0 radical (unpaired) electrons. The second-order valence-corrected chi connectivity index (χ2v) is 7.09. The van der Waals surface area contributed by atoms with Crippen LogP contribution in [0.4, 0.5) is 5.69 Å². The van der Waals surface area contributed by atoms with Crippen molar-refractivity contribution in [2.45, 2.75) is 42.8 Å². The lowest BCUT2D eigenvalue weighted by atomic mass is 10.2. The van der Waals surface area contributed by atoms with Gasteiger partial charge >= 0.3 is 0 Å². The Morgan fingerprint density at radius 2 is 2.08 bits per heavy atom. The molecular formula is C16H22N4O2S2. The van der Waals surface area contributed by atoms with Crippen molar-refractivity contribution >= 4 is 46.6 Å². The van der Waals surface area contributed by atoms with E-state index in [4.69, 9.17) is 12.2 Å². The number of hydrogen-bond acceptors (Lipinski definition) is 4. The maximum atomic E-state index is 12.1. The molecule has 0 bridgehead atoms. The zero-order valence-electron chi connectivity index (χ0n) is 13.6. The molecular weight excluding hydrogens is 344 g/mol. The smallest absolute Gasteiger partial charge is 0.240 e. The highest BCUT2D eigenvalue weighted by Gasteiger charge is 2.28. The number of fused-ring (bicyclic) bond motifs is 1. The van der Waals surface area contributed by atoms with Crippen LogP contribution in [0.15, 0.2) is 29.2 Å². The highest BCUT2D eigenvalue weighted by Crippen LogP contribution is 2.36. The van der Waals surface area contributed by atoms with Gasteiger partial charge < -0.3 is 10.6 Å². The minimum atomic E-state index is -0.451. The monoisotopic (exact) mass is 366 g/mol. The number of carbonyl (C=O) groups is 2. The summed E-state index contributed by atoms with van der Waals surface area (Å²) in [5, 5.41) is 5.77. The first kappa shape index (κ1) is 18.5. The molecule has 0 saturated heterocycles. The molecule has 6 nitrogen and oxygen atoms in total. The summed E-state index contributed by atoms with van der Waals surface area (Å²) >= 11 is 6.48. The molecule has 4 N–H and O–H groups in total. The molecule has 0 saturated carbocycles. The fourth-order valence-electron chi connectivity index (χ4n) is 2.19. The Bertz CT molecular complexity index is 609. The zero-order chi connectivity index (χ0) is 17.4. The van der Waals surface area contributed by atoms with Crippen molar-refractivity contribution in [2.24, 2.45) is 0 Å². The average molecular weight is 367 g/mol. The van der Waals surface area contributed by atoms with Crippen LogP contribution in [-0.2, 0) is 9.59 Å². The van der Waals surface area contributed by atoms with E-state index >= 15 is 0 Å². The Kier molecular flexibility index (Phi) is 7.33. The van der Waals surface area contributed by atoms with E-state index in [0.29, 0.717) is 5.11 Å². The predicted octanol–water partition coefficient (Wildman–Crippen LogP) is 2.17. The average Bonchev–Trinajstić information content (AvgIpc) is 2.57. The number of benzene rings is 1. The molecule has 1 aromatic rings. The van der Waals surface area contributed by atoms with Crippen molar-refractivity contribution in [3.8, 4) is 0 Å². The van der Waals surface area contributed by atoms with E-state index in [9.17, 15) is 9.59 Å². The maximum absolute atomic E-state index is 12.1. The molecule has 0 aliphatic carbocycles. The lowest BCUT2D eigenvalue weighted by Crippen LogP contribution is -2.48. The highest BCUT2D eigenvalue weighted by molar-refractivity contribution is 8.01. The lowest BCUT2D eigenvalue weighted by molar-refractivity contribution is -0.124. The Labute approximate surface area is 151 Å². The molecule has 1 aliphatic heterocycles. The van der Waals surface area contributed by atoms with Gasteiger partial charge in [-0.1, -0.05) is 31.9 Å². The number of anilines is 1. The zero-order valence-corrected chi connectivity index (χ0v) is 15.2. The van der Waals surface area contributed by atoms with Crippen LogP contribution in [0.25, 0.3) is 0 Å². The van der Waals surface area contributed by atoms with Crippen LogP contribution in [-0.4, -0.2) is 28.7 Å². The number of unbranched alkanes of at least 4 members (excludes halogenated alkanes) is 2. The third kappa shape index (κ3) is 5.68. The van der Waals surface area contributed by atoms with Crippen LogP contribution in [0, 0.1) is 0 Å². The van der Waals surface area contributed by atoms with Gasteiger partial charge in [-0.05, 0) is 30.8 Å². The number of amides is 2. The van der Waals surface area contributed by atoms with Crippen LogP contribution in [0.2, 0.25) is 0 Å². The summed E-state index contributed by atoms with van der Waals surface area (Å²) in [5.74, 6) is -0.436. The largest absolute Gasteiger partial charge is 0.361 e. The summed E-state index contributed by atoms with van der Waals surface area (Å²) in [6, 6.07) is 7.55. The van der Waals surface area contributed by atoms with E-state index in [0.717, 1.165) is 36.4 Å². The number of hydrogen-bond donors (Lipinski definition) is 4. The van der Waals surface area contributed by atoms with E-state index < -0.39 is 5.25 Å². The molecule has 1 aliphatic rings. The van der Waals surface area contributed by atoms with Gasteiger partial charge in [0.15, 0.2) is 5.11 Å². The standard InChI is InChI=1S/C16H22N4O2S2/c1-2-3-6-9-17-16(23)20-19-14(21)10-13-15(22)18-11-7-4-5-8-12(11)24-13/h4-5,7-8,13H,2-3,6,9-10H2,1H3,(H,18,22)(H,19,21)(H2,17,20,23)/t13-/m0/s1. The molecule has 0 spiro atoms. The highest BCUT2D eigenvalue weighted by atomic mass is 32.2. The van der Waals surface area contributed by atoms with E-state index in [-0.39, 0.29) is 18.2 Å². The quantitative estimate of drug-likeness (QED) is 0.351. The van der Waals surface area contributed by atoms with Crippen LogP contribution < -0.4 is 21.5 Å². The summed E-state index contributed by atoms with van der Waals surface area (Å²) in [6.07, 6.45) is 3.39. The Balaban J connectivity index is 1.73. The minimum Gasteiger partial charge on any atom is -0.361 e. The molecule has 130 valence electrons. The van der Waals surface area contributed by atoms with Gasteiger partial charge in [0, 0.05) is 17.9 Å². The molecule has 2 rings (SSSR count). The maximum Gasteiger partial charge on any atom is 0.240 e. The van der Waals surface area contributed by atoms with Gasteiger partial charge in [0.25, 0.3) is 0 Å². The number of thioether (sulfide) groups is 1. The molecule has 1 atom stereocenters. The topological polar surface area (TPSA) is 82.3 Å². The molecule has 0 unspecified atom stereocenters. The van der Waals surface area contributed by atoms with E-state index in [2.05, 4.69) is 28.4 Å². The van der Waals surface area contributed by atoms with Crippen molar-refractivity contribution in [3.05, 3.63) is 24.3 Å². The lowest BCUT2D eigenvalue weighted by Gasteiger charge is -2.23. The fraction of sp³-hybridized carbons (Fsp3) is 0.438. The van der Waals surface area contributed by atoms with Gasteiger partial charge in [-0.25, -0.2) is 0 Å². The number of para-hydroxylation sites is 1. The minimum absolute atomic E-state index is 0.0796. The van der Waals surface area contributed by atoms with Crippen LogP contribution in [0.5, 0.6) is 0 Å². The number of rotatable bonds is 6. The van der Waals surface area contributed by atoms with Gasteiger partial charge in [-0.2, -0.15) is 0 Å². The normalized spacial score (nSPS) is 15.9. The second kappa shape index (κ2) is 9.48. The van der Waals surface area contributed by atoms with Crippen molar-refractivity contribution < 1.29 is 9.59 Å². The summed E-state index contributed by atoms with van der Waals surface area (Å²) in [7, 11) is 0. The predicted molar refractivity (Wildman–Crippen MR) is 101 cm³/mol. The van der Waals surface area contributed by atoms with E-state index in [1.54, 1.807) is 0 Å². The van der Waals surface area contributed by atoms with Gasteiger partial charge in [0.1, 0.15) is 0 Å². The first-order valence-corrected chi connectivity index (χ1v) is 9.28. The van der Waals surface area contributed by atoms with Crippen LogP contribution in [0.3, 0.4) is 0 Å². The van der Waals surface area contributed by atoms with Gasteiger partial charge in [-0.3, -0.25) is 20.4 Å². The third-order valence-corrected chi connectivity index (χ3v) is 4.98. The van der Waals surface area contributed by atoms with Crippen LogP contribution >= 0.6 is 24.0 Å². The molecule has 0 aromatic heterocycles. The van der Waals surface area contributed by atoms with Crippen LogP contribution in [0.1, 0.15) is 32.6 Å². The SMILES string of the molecule is CCCCCNC(=S)NNC(=O)C[C@@H]1Sc2ccccc2NC1=O. The number of carbonyl (C=O) groups excluding carboxylic acids is 2. The fourth-order valence-corrected chi connectivity index (χ4v) is 3.46. The van der Waals surface area contributed by atoms with Crippen molar-refractivity contribution in [1.29, 1.82) is 0 Å². The van der Waals surface area contributed by atoms with Crippen molar-refractivity contribution in [3.63, 3.8) is 0 Å². The first-order valence-electron chi connectivity index (χ1n) is 7.99. The first-order chi connectivity index (χ1) is 11.6. The van der Waals surface area contributed by atoms with Gasteiger partial charge in [0.2, 0.25) is 11.8 Å². The molecule has 2 amide bonds. The second-order valence-electron chi connectivity index (χ2n) is 5.43. The number of hydrazine groups is 1.